The first-order chi connectivity index (χ1) is 34.0. The lowest BCUT2D eigenvalue weighted by Crippen LogP contribution is -2.30. The molecule has 0 saturated heterocycles. The SMILES string of the molecule is CC/C=C\C/C=C\C/C=C\C/C=C\C/C=C\C/C=C\CCCCCCCCC(=O)OCC(COC(=O)CCCCCCCCC)OC(=O)CC/C=C\C/C=C\C/C=C\C/C=C\C/C=C\C/C=C\CC. The summed E-state index contributed by atoms with van der Waals surface area (Å²) in [6.45, 7) is 6.27. The molecule has 0 fully saturated rings. The van der Waals surface area contributed by atoms with Gasteiger partial charge in [-0.15, -0.1) is 0 Å². The van der Waals surface area contributed by atoms with Crippen molar-refractivity contribution in [1.29, 1.82) is 0 Å². The van der Waals surface area contributed by atoms with Crippen LogP contribution in [0.25, 0.3) is 0 Å². The summed E-state index contributed by atoms with van der Waals surface area (Å²) >= 11 is 0. The Labute approximate surface area is 423 Å². The maximum Gasteiger partial charge on any atom is 0.306 e. The third kappa shape index (κ3) is 54.1. The van der Waals surface area contributed by atoms with Crippen molar-refractivity contribution < 1.29 is 28.6 Å². The quantitative estimate of drug-likeness (QED) is 0.0262. The smallest absolute Gasteiger partial charge is 0.306 e. The van der Waals surface area contributed by atoms with Crippen LogP contribution in [-0.2, 0) is 28.6 Å². The van der Waals surface area contributed by atoms with Crippen LogP contribution in [0.3, 0.4) is 0 Å². The molecule has 0 aromatic rings. The van der Waals surface area contributed by atoms with Crippen LogP contribution in [0, 0.1) is 0 Å². The van der Waals surface area contributed by atoms with Crippen molar-refractivity contribution in [2.75, 3.05) is 13.2 Å². The Hall–Kier alpha value is -4.71. The maximum absolute atomic E-state index is 12.8. The molecule has 0 spiro atoms. The molecule has 0 aliphatic heterocycles. The predicted octanol–water partition coefficient (Wildman–Crippen LogP) is 18.4. The molecule has 0 amide bonds. The van der Waals surface area contributed by atoms with Crippen LogP contribution < -0.4 is 0 Å². The van der Waals surface area contributed by atoms with E-state index in [1.807, 2.05) is 12.2 Å². The molecule has 0 aliphatic carbocycles. The minimum Gasteiger partial charge on any atom is -0.462 e. The van der Waals surface area contributed by atoms with Gasteiger partial charge in [-0.1, -0.05) is 231 Å². The zero-order chi connectivity index (χ0) is 50.0. The Morgan fingerprint density at radius 3 is 0.942 bits per heavy atom. The number of ether oxygens (including phenoxy) is 3. The molecule has 6 heteroatoms. The van der Waals surface area contributed by atoms with Crippen LogP contribution in [-0.4, -0.2) is 37.2 Å². The van der Waals surface area contributed by atoms with Gasteiger partial charge >= 0.3 is 17.9 Å². The van der Waals surface area contributed by atoms with Crippen molar-refractivity contribution in [3.05, 3.63) is 146 Å². The first-order valence-electron chi connectivity index (χ1n) is 27.3. The number of carbonyl (C=O) groups is 3. The Balaban J connectivity index is 4.38. The third-order valence-electron chi connectivity index (χ3n) is 10.9. The second kappa shape index (κ2) is 55.9. The number of carbonyl (C=O) groups excluding carboxylic acids is 3. The fraction of sp³-hybridized carbons (Fsp3) is 0.571. The lowest BCUT2D eigenvalue weighted by atomic mass is 10.1. The summed E-state index contributed by atoms with van der Waals surface area (Å²) in [6.07, 6.45) is 80.1. The first-order valence-corrected chi connectivity index (χ1v) is 27.3. The summed E-state index contributed by atoms with van der Waals surface area (Å²) in [5.74, 6) is -1.04. The van der Waals surface area contributed by atoms with Gasteiger partial charge in [0.05, 0.1) is 0 Å². The number of hydrogen-bond acceptors (Lipinski definition) is 6. The van der Waals surface area contributed by atoms with E-state index in [0.717, 1.165) is 128 Å². The molecule has 0 N–H and O–H groups in total. The molecule has 0 bridgehead atoms. The van der Waals surface area contributed by atoms with Crippen LogP contribution in [0.5, 0.6) is 0 Å². The highest BCUT2D eigenvalue weighted by Crippen LogP contribution is 2.12. The zero-order valence-corrected chi connectivity index (χ0v) is 44.0. The second-order valence-corrected chi connectivity index (χ2v) is 17.4. The summed E-state index contributed by atoms with van der Waals surface area (Å²) in [5, 5.41) is 0. The molecule has 0 heterocycles. The molecule has 386 valence electrons. The molecule has 0 aromatic heterocycles. The van der Waals surface area contributed by atoms with Crippen molar-refractivity contribution in [3.8, 4) is 0 Å². The molecule has 0 aliphatic rings. The van der Waals surface area contributed by atoms with Crippen LogP contribution >= 0.6 is 0 Å². The van der Waals surface area contributed by atoms with E-state index in [-0.39, 0.29) is 31.6 Å². The van der Waals surface area contributed by atoms with Crippen molar-refractivity contribution in [2.45, 2.75) is 219 Å². The van der Waals surface area contributed by atoms with Crippen molar-refractivity contribution in [1.82, 2.24) is 0 Å². The van der Waals surface area contributed by atoms with E-state index < -0.39 is 12.1 Å². The highest BCUT2D eigenvalue weighted by Gasteiger charge is 2.19. The normalized spacial score (nSPS) is 13.3. The first kappa shape index (κ1) is 64.3. The number of unbranched alkanes of at least 4 members (excludes halogenated alkanes) is 12. The van der Waals surface area contributed by atoms with Crippen LogP contribution in [0.4, 0.5) is 0 Å². The Bertz CT molecular complexity index is 1560. The molecule has 0 radical (unpaired) electrons. The summed E-state index contributed by atoms with van der Waals surface area (Å²) in [7, 11) is 0. The van der Waals surface area contributed by atoms with E-state index in [0.29, 0.717) is 19.3 Å². The Morgan fingerprint density at radius 1 is 0.304 bits per heavy atom. The third-order valence-corrected chi connectivity index (χ3v) is 10.9. The van der Waals surface area contributed by atoms with Crippen LogP contribution in [0.2, 0.25) is 0 Å². The molecule has 0 rings (SSSR count). The minimum absolute atomic E-state index is 0.118. The van der Waals surface area contributed by atoms with E-state index in [1.54, 1.807) is 0 Å². The summed E-state index contributed by atoms with van der Waals surface area (Å²) in [4.78, 5) is 37.9. The number of rotatable bonds is 47. The lowest BCUT2D eigenvalue weighted by Gasteiger charge is -2.18. The van der Waals surface area contributed by atoms with E-state index in [1.165, 1.54) is 38.5 Å². The fourth-order valence-corrected chi connectivity index (χ4v) is 6.82. The van der Waals surface area contributed by atoms with Crippen molar-refractivity contribution >= 4 is 17.9 Å². The second-order valence-electron chi connectivity index (χ2n) is 17.4. The van der Waals surface area contributed by atoms with E-state index in [9.17, 15) is 14.4 Å². The summed E-state index contributed by atoms with van der Waals surface area (Å²) in [6, 6.07) is 0. The average Bonchev–Trinajstić information content (AvgIpc) is 3.35. The van der Waals surface area contributed by atoms with Gasteiger partial charge in [-0.05, 0) is 109 Å². The minimum atomic E-state index is -0.828. The van der Waals surface area contributed by atoms with E-state index in [2.05, 4.69) is 154 Å². The van der Waals surface area contributed by atoms with Gasteiger partial charge in [0.1, 0.15) is 13.2 Å². The van der Waals surface area contributed by atoms with Gasteiger partial charge < -0.3 is 14.2 Å². The lowest BCUT2D eigenvalue weighted by molar-refractivity contribution is -0.166. The predicted molar refractivity (Wildman–Crippen MR) is 297 cm³/mol. The summed E-state index contributed by atoms with van der Waals surface area (Å²) < 4.78 is 16.7. The van der Waals surface area contributed by atoms with E-state index >= 15 is 0 Å². The fourth-order valence-electron chi connectivity index (χ4n) is 6.82. The standard InChI is InChI=1S/C63H98O6/c1-4-7-10-13-16-18-20-22-24-26-28-29-30-31-32-33-35-36-38-40-42-44-47-50-53-56-62(65)68-59-60(58-67-61(64)55-52-49-46-15-12-9-6-3)69-63(66)57-54-51-48-45-43-41-39-37-34-27-25-23-21-19-17-14-11-8-5-2/h7-8,10-11,16-19,22-25,28-29,31-32,34-37,41,43,48,51,60H,4-6,9,12-15,20-21,26-27,30,33,38-40,42,44-47,49-50,52-59H2,1-3H3/b10-7-,11-8-,18-16-,19-17-,24-22-,25-23-,29-28-,32-31-,36-35-,37-34-,43-41-,51-48-. The largest absolute Gasteiger partial charge is 0.462 e. The summed E-state index contributed by atoms with van der Waals surface area (Å²) in [5.41, 5.74) is 0. The van der Waals surface area contributed by atoms with Gasteiger partial charge in [0.2, 0.25) is 0 Å². The van der Waals surface area contributed by atoms with Crippen LogP contribution in [0.15, 0.2) is 146 Å². The van der Waals surface area contributed by atoms with Gasteiger partial charge in [-0.2, -0.15) is 0 Å². The molecule has 0 saturated carbocycles. The number of allylic oxidation sites excluding steroid dienone is 24. The molecular formula is C63H98O6. The maximum atomic E-state index is 12.8. The molecule has 69 heavy (non-hydrogen) atoms. The van der Waals surface area contributed by atoms with Crippen molar-refractivity contribution in [3.63, 3.8) is 0 Å². The van der Waals surface area contributed by atoms with Crippen molar-refractivity contribution in [2.24, 2.45) is 0 Å². The van der Waals surface area contributed by atoms with Gasteiger partial charge in [-0.25, -0.2) is 0 Å². The zero-order valence-electron chi connectivity index (χ0n) is 44.0. The van der Waals surface area contributed by atoms with Gasteiger partial charge in [-0.3, -0.25) is 14.4 Å². The average molecular weight is 951 g/mol. The number of esters is 3. The molecule has 0 aromatic carbocycles. The van der Waals surface area contributed by atoms with Gasteiger partial charge in [0.25, 0.3) is 0 Å². The van der Waals surface area contributed by atoms with Gasteiger partial charge in [0, 0.05) is 19.3 Å². The van der Waals surface area contributed by atoms with E-state index in [4.69, 9.17) is 14.2 Å². The molecular weight excluding hydrogens is 853 g/mol. The molecule has 1 atom stereocenters. The Morgan fingerprint density at radius 2 is 0.594 bits per heavy atom. The molecule has 6 nitrogen and oxygen atoms in total. The molecule has 1 unspecified atom stereocenters. The van der Waals surface area contributed by atoms with Crippen LogP contribution in [0.1, 0.15) is 213 Å². The van der Waals surface area contributed by atoms with Gasteiger partial charge in [0.15, 0.2) is 6.10 Å². The Kier molecular flexibility index (Phi) is 52.1. The highest BCUT2D eigenvalue weighted by atomic mass is 16.6. The number of hydrogen-bond donors (Lipinski definition) is 0. The topological polar surface area (TPSA) is 78.9 Å². The highest BCUT2D eigenvalue weighted by molar-refractivity contribution is 5.71. The monoisotopic (exact) mass is 951 g/mol.